The lowest BCUT2D eigenvalue weighted by molar-refractivity contribution is -0.188. The average Bonchev–Trinajstić information content (AvgIpc) is 2.50. The average molecular weight is 197 g/mol. The van der Waals surface area contributed by atoms with Crippen LogP contribution in [0.3, 0.4) is 0 Å². The summed E-state index contributed by atoms with van der Waals surface area (Å²) in [6.07, 6.45) is -3.88. The van der Waals surface area contributed by atoms with Crippen LogP contribution in [-0.2, 0) is 9.53 Å². The molecule has 1 saturated heterocycles. The van der Waals surface area contributed by atoms with Crippen LogP contribution in [0.1, 0.15) is 6.42 Å². The lowest BCUT2D eigenvalue weighted by Crippen LogP contribution is -2.26. The van der Waals surface area contributed by atoms with Crippen molar-refractivity contribution in [1.82, 2.24) is 5.32 Å². The van der Waals surface area contributed by atoms with E-state index in [2.05, 4.69) is 10.1 Å². The Hall–Kier alpha value is -0.780. The summed E-state index contributed by atoms with van der Waals surface area (Å²) in [5.74, 6) is -1.18. The Morgan fingerprint density at radius 3 is 2.69 bits per heavy atom. The van der Waals surface area contributed by atoms with Gasteiger partial charge >= 0.3 is 12.1 Å². The molecule has 0 saturated carbocycles. The molecule has 1 atom stereocenters. The van der Waals surface area contributed by atoms with Crippen molar-refractivity contribution < 1.29 is 22.7 Å². The maximum Gasteiger partial charge on any atom is 0.422 e. The van der Waals surface area contributed by atoms with Gasteiger partial charge in [-0.25, -0.2) is 0 Å². The van der Waals surface area contributed by atoms with E-state index in [1.54, 1.807) is 0 Å². The molecule has 13 heavy (non-hydrogen) atoms. The van der Waals surface area contributed by atoms with Gasteiger partial charge in [0.15, 0.2) is 6.61 Å². The zero-order chi connectivity index (χ0) is 9.90. The number of halogens is 3. The topological polar surface area (TPSA) is 38.3 Å². The highest BCUT2D eigenvalue weighted by Crippen LogP contribution is 2.16. The van der Waals surface area contributed by atoms with E-state index in [9.17, 15) is 18.0 Å². The van der Waals surface area contributed by atoms with E-state index in [0.29, 0.717) is 19.5 Å². The number of nitrogens with one attached hydrogen (secondary N) is 1. The van der Waals surface area contributed by atoms with Gasteiger partial charge in [0.25, 0.3) is 0 Å². The first-order valence-electron chi connectivity index (χ1n) is 3.93. The van der Waals surface area contributed by atoms with Crippen LogP contribution in [0.5, 0.6) is 0 Å². The number of esters is 1. The molecule has 0 bridgehead atoms. The summed E-state index contributed by atoms with van der Waals surface area (Å²) in [7, 11) is 0. The Kier molecular flexibility index (Phi) is 3.13. The summed E-state index contributed by atoms with van der Waals surface area (Å²) < 4.78 is 38.9. The van der Waals surface area contributed by atoms with Gasteiger partial charge in [-0.2, -0.15) is 13.2 Å². The molecule has 0 spiro atoms. The SMILES string of the molecule is O=C(OCC(F)(F)F)C1CCNC1. The number of carbonyl (C=O) groups excluding carboxylic acids is 1. The number of alkyl halides is 3. The lowest BCUT2D eigenvalue weighted by atomic mass is 10.1. The number of ether oxygens (including phenoxy) is 1. The van der Waals surface area contributed by atoms with E-state index in [-0.39, 0.29) is 0 Å². The molecule has 1 fully saturated rings. The molecule has 1 aliphatic heterocycles. The van der Waals surface area contributed by atoms with Crippen molar-refractivity contribution in [2.75, 3.05) is 19.7 Å². The van der Waals surface area contributed by atoms with E-state index < -0.39 is 24.7 Å². The molecule has 1 unspecified atom stereocenters. The summed E-state index contributed by atoms with van der Waals surface area (Å²) in [6, 6.07) is 0. The fourth-order valence-corrected chi connectivity index (χ4v) is 1.13. The molecule has 76 valence electrons. The third-order valence-electron chi connectivity index (χ3n) is 1.77. The maximum absolute atomic E-state index is 11.6. The van der Waals surface area contributed by atoms with E-state index in [1.165, 1.54) is 0 Å². The van der Waals surface area contributed by atoms with Gasteiger partial charge in [-0.1, -0.05) is 0 Å². The van der Waals surface area contributed by atoms with Crippen LogP contribution in [0.15, 0.2) is 0 Å². The minimum absolute atomic E-state index is 0.413. The second-order valence-corrected chi connectivity index (χ2v) is 2.91. The molecule has 1 N–H and O–H groups in total. The van der Waals surface area contributed by atoms with Gasteiger partial charge in [-0.3, -0.25) is 4.79 Å². The Balaban J connectivity index is 2.25. The summed E-state index contributed by atoms with van der Waals surface area (Å²) in [5, 5.41) is 2.87. The maximum atomic E-state index is 11.6. The largest absolute Gasteiger partial charge is 0.456 e. The third-order valence-corrected chi connectivity index (χ3v) is 1.77. The van der Waals surface area contributed by atoms with Crippen molar-refractivity contribution in [1.29, 1.82) is 0 Å². The Morgan fingerprint density at radius 2 is 2.23 bits per heavy atom. The number of hydrogen-bond acceptors (Lipinski definition) is 3. The molecular formula is C7H10F3NO2. The molecule has 0 amide bonds. The molecule has 1 rings (SSSR count). The van der Waals surface area contributed by atoms with Crippen LogP contribution >= 0.6 is 0 Å². The van der Waals surface area contributed by atoms with Crippen molar-refractivity contribution in [3.05, 3.63) is 0 Å². The molecule has 0 aromatic heterocycles. The molecule has 6 heteroatoms. The smallest absolute Gasteiger partial charge is 0.422 e. The van der Waals surface area contributed by atoms with Crippen LogP contribution < -0.4 is 5.32 Å². The van der Waals surface area contributed by atoms with Crippen LogP contribution in [0, 0.1) is 5.92 Å². The van der Waals surface area contributed by atoms with Crippen LogP contribution in [0.2, 0.25) is 0 Å². The Morgan fingerprint density at radius 1 is 1.54 bits per heavy atom. The highest BCUT2D eigenvalue weighted by molar-refractivity contribution is 5.73. The molecule has 0 aliphatic carbocycles. The number of carbonyl (C=O) groups is 1. The van der Waals surface area contributed by atoms with Crippen LogP contribution in [0.4, 0.5) is 13.2 Å². The van der Waals surface area contributed by atoms with E-state index in [0.717, 1.165) is 0 Å². The molecular weight excluding hydrogens is 187 g/mol. The fraction of sp³-hybridized carbons (Fsp3) is 0.857. The third kappa shape index (κ3) is 3.63. The molecule has 3 nitrogen and oxygen atoms in total. The van der Waals surface area contributed by atoms with Crippen molar-refractivity contribution in [3.8, 4) is 0 Å². The van der Waals surface area contributed by atoms with Gasteiger partial charge < -0.3 is 10.1 Å². The summed E-state index contributed by atoms with van der Waals surface area (Å²) in [6.45, 7) is -0.412. The second-order valence-electron chi connectivity index (χ2n) is 2.91. The van der Waals surface area contributed by atoms with E-state index >= 15 is 0 Å². The first-order chi connectivity index (χ1) is 5.99. The minimum Gasteiger partial charge on any atom is -0.456 e. The van der Waals surface area contributed by atoms with Crippen molar-refractivity contribution in [2.24, 2.45) is 5.92 Å². The monoisotopic (exact) mass is 197 g/mol. The fourth-order valence-electron chi connectivity index (χ4n) is 1.13. The summed E-state index contributed by atoms with van der Waals surface area (Å²) in [5.41, 5.74) is 0. The Bertz CT molecular complexity index is 187. The lowest BCUT2D eigenvalue weighted by Gasteiger charge is -2.10. The first-order valence-corrected chi connectivity index (χ1v) is 3.93. The van der Waals surface area contributed by atoms with Crippen LogP contribution in [-0.4, -0.2) is 31.8 Å². The zero-order valence-corrected chi connectivity index (χ0v) is 6.86. The predicted molar refractivity (Wildman–Crippen MR) is 38.0 cm³/mol. The quantitative estimate of drug-likeness (QED) is 0.662. The van der Waals surface area contributed by atoms with E-state index in [4.69, 9.17) is 0 Å². The number of rotatable bonds is 2. The van der Waals surface area contributed by atoms with Crippen molar-refractivity contribution in [2.45, 2.75) is 12.6 Å². The van der Waals surface area contributed by atoms with Gasteiger partial charge in [0.2, 0.25) is 0 Å². The first kappa shape index (κ1) is 10.3. The minimum atomic E-state index is -4.43. The molecule has 0 aromatic carbocycles. The van der Waals surface area contributed by atoms with Gasteiger partial charge in [0.05, 0.1) is 5.92 Å². The van der Waals surface area contributed by atoms with Crippen LogP contribution in [0.25, 0.3) is 0 Å². The van der Waals surface area contributed by atoms with Crippen molar-refractivity contribution in [3.63, 3.8) is 0 Å². The summed E-state index contributed by atoms with van der Waals surface area (Å²) >= 11 is 0. The molecule has 1 heterocycles. The molecule has 0 aromatic rings. The molecule has 1 aliphatic rings. The Labute approximate surface area is 73.2 Å². The van der Waals surface area contributed by atoms with Gasteiger partial charge in [0.1, 0.15) is 0 Å². The second kappa shape index (κ2) is 3.95. The number of hydrogen-bond donors (Lipinski definition) is 1. The highest BCUT2D eigenvalue weighted by Gasteiger charge is 2.32. The predicted octanol–water partition coefficient (Wildman–Crippen LogP) is 0.701. The van der Waals surface area contributed by atoms with Gasteiger partial charge in [0, 0.05) is 6.54 Å². The van der Waals surface area contributed by atoms with Gasteiger partial charge in [-0.15, -0.1) is 0 Å². The van der Waals surface area contributed by atoms with E-state index in [1.807, 2.05) is 0 Å². The normalized spacial score (nSPS) is 23.2. The highest BCUT2D eigenvalue weighted by atomic mass is 19.4. The summed E-state index contributed by atoms with van der Waals surface area (Å²) in [4.78, 5) is 10.9. The van der Waals surface area contributed by atoms with Crippen molar-refractivity contribution >= 4 is 5.97 Å². The molecule has 0 radical (unpaired) electrons. The van der Waals surface area contributed by atoms with Gasteiger partial charge in [-0.05, 0) is 13.0 Å². The zero-order valence-electron chi connectivity index (χ0n) is 6.86. The standard InChI is InChI=1S/C7H10F3NO2/c8-7(9,10)4-13-6(12)5-1-2-11-3-5/h5,11H,1-4H2.